The molecule has 0 saturated carbocycles. The third kappa shape index (κ3) is 2.77. The van der Waals surface area contributed by atoms with Gasteiger partial charge in [-0.3, -0.25) is 14.9 Å². The van der Waals surface area contributed by atoms with Gasteiger partial charge in [0.2, 0.25) is 11.8 Å². The second-order valence-corrected chi connectivity index (χ2v) is 4.15. The van der Waals surface area contributed by atoms with Crippen molar-refractivity contribution in [2.24, 2.45) is 0 Å². The van der Waals surface area contributed by atoms with Gasteiger partial charge in [-0.1, -0.05) is 0 Å². The van der Waals surface area contributed by atoms with Gasteiger partial charge in [-0.2, -0.15) is 0 Å². The number of nitrogens with one attached hydrogen (secondary N) is 3. The molecule has 2 rings (SSSR count). The first-order valence-electron chi connectivity index (χ1n) is 4.90. The van der Waals surface area contributed by atoms with Gasteiger partial charge in [-0.25, -0.2) is 4.98 Å². The van der Waals surface area contributed by atoms with Gasteiger partial charge in [0.25, 0.3) is 0 Å². The van der Waals surface area contributed by atoms with Crippen molar-refractivity contribution in [3.05, 3.63) is 16.6 Å². The smallest absolute Gasteiger partial charge is 0.239 e. The van der Waals surface area contributed by atoms with Crippen LogP contribution in [0.3, 0.4) is 0 Å². The Morgan fingerprint density at radius 3 is 3.19 bits per heavy atom. The van der Waals surface area contributed by atoms with Crippen LogP contribution in [0.2, 0.25) is 0 Å². The van der Waals surface area contributed by atoms with Gasteiger partial charge in [0, 0.05) is 11.9 Å². The molecule has 1 aliphatic heterocycles. The third-order valence-electron chi connectivity index (χ3n) is 2.26. The summed E-state index contributed by atoms with van der Waals surface area (Å²) < 4.78 is 0. The summed E-state index contributed by atoms with van der Waals surface area (Å²) >= 11 is 1.49. The lowest BCUT2D eigenvalue weighted by molar-refractivity contribution is -0.126. The Hall–Kier alpha value is -1.47. The van der Waals surface area contributed by atoms with Crippen LogP contribution in [0.5, 0.6) is 0 Å². The van der Waals surface area contributed by atoms with Crippen molar-refractivity contribution in [2.45, 2.75) is 12.6 Å². The number of nitrogens with zero attached hydrogens (tertiary/aromatic N) is 1. The van der Waals surface area contributed by atoms with E-state index in [9.17, 15) is 9.59 Å². The molecule has 1 saturated heterocycles. The van der Waals surface area contributed by atoms with E-state index < -0.39 is 0 Å². The van der Waals surface area contributed by atoms with Gasteiger partial charge in [0.1, 0.15) is 6.04 Å². The fourth-order valence-electron chi connectivity index (χ4n) is 1.38. The summed E-state index contributed by atoms with van der Waals surface area (Å²) in [5.74, 6) is -0.198. The second kappa shape index (κ2) is 5.04. The van der Waals surface area contributed by atoms with E-state index in [2.05, 4.69) is 20.9 Å². The summed E-state index contributed by atoms with van der Waals surface area (Å²) in [6.45, 7) is 0.949. The van der Waals surface area contributed by atoms with Crippen LogP contribution in [0, 0.1) is 0 Å². The molecule has 0 aliphatic carbocycles. The first kappa shape index (κ1) is 11.0. The number of amides is 2. The molecule has 7 heteroatoms. The molecule has 1 aliphatic rings. The number of hydrogen-bond acceptors (Lipinski definition) is 5. The predicted molar refractivity (Wildman–Crippen MR) is 58.8 cm³/mol. The van der Waals surface area contributed by atoms with Crippen LogP contribution >= 0.6 is 11.3 Å². The number of carbonyl (C=O) groups excluding carboxylic acids is 2. The highest BCUT2D eigenvalue weighted by molar-refractivity contribution is 7.07. The Morgan fingerprint density at radius 2 is 2.56 bits per heavy atom. The van der Waals surface area contributed by atoms with Gasteiger partial charge >= 0.3 is 0 Å². The lowest BCUT2D eigenvalue weighted by Crippen LogP contribution is -2.57. The molecule has 0 bridgehead atoms. The highest BCUT2D eigenvalue weighted by Crippen LogP contribution is 2.00. The summed E-state index contributed by atoms with van der Waals surface area (Å²) in [5, 5.41) is 10.1. The van der Waals surface area contributed by atoms with Gasteiger partial charge in [0.05, 0.1) is 24.3 Å². The Kier molecular flexibility index (Phi) is 3.47. The number of piperazine rings is 1. The quantitative estimate of drug-likeness (QED) is 0.623. The third-order valence-corrected chi connectivity index (χ3v) is 2.89. The number of aromatic nitrogens is 1. The van der Waals surface area contributed by atoms with E-state index >= 15 is 0 Å². The molecule has 2 heterocycles. The molecule has 1 aromatic heterocycles. The highest BCUT2D eigenvalue weighted by atomic mass is 32.1. The molecule has 2 amide bonds. The second-order valence-electron chi connectivity index (χ2n) is 3.44. The zero-order valence-electron chi connectivity index (χ0n) is 8.53. The molecule has 1 fully saturated rings. The summed E-state index contributed by atoms with van der Waals surface area (Å²) in [6.07, 6.45) is 0. The summed E-state index contributed by atoms with van der Waals surface area (Å²) in [5.41, 5.74) is 2.57. The van der Waals surface area contributed by atoms with Crippen molar-refractivity contribution in [2.75, 3.05) is 13.1 Å². The maximum absolute atomic E-state index is 11.7. The Balaban J connectivity index is 1.77. The van der Waals surface area contributed by atoms with Crippen molar-refractivity contribution in [1.82, 2.24) is 20.9 Å². The molecular formula is C9H12N4O2S. The van der Waals surface area contributed by atoms with Crippen molar-refractivity contribution in [3.8, 4) is 0 Å². The fraction of sp³-hybridized carbons (Fsp3) is 0.444. The molecule has 86 valence electrons. The molecule has 3 N–H and O–H groups in total. The molecule has 16 heavy (non-hydrogen) atoms. The molecule has 1 atom stereocenters. The van der Waals surface area contributed by atoms with E-state index in [4.69, 9.17) is 0 Å². The number of hydrogen-bond donors (Lipinski definition) is 3. The molecule has 6 nitrogen and oxygen atoms in total. The normalized spacial score (nSPS) is 20.2. The van der Waals surface area contributed by atoms with E-state index in [0.29, 0.717) is 13.1 Å². The van der Waals surface area contributed by atoms with Crippen molar-refractivity contribution >= 4 is 23.2 Å². The van der Waals surface area contributed by atoms with Crippen molar-refractivity contribution < 1.29 is 9.59 Å². The minimum absolute atomic E-state index is 0.0800. The Bertz CT molecular complexity index is 369. The SMILES string of the molecule is O=C1CNC(C(=O)NCc2cscn2)CN1. The highest BCUT2D eigenvalue weighted by Gasteiger charge is 2.23. The van der Waals surface area contributed by atoms with Gasteiger partial charge < -0.3 is 10.6 Å². The Labute approximate surface area is 96.4 Å². The van der Waals surface area contributed by atoms with Crippen LogP contribution in [0.25, 0.3) is 0 Å². The van der Waals surface area contributed by atoms with E-state index in [1.807, 2.05) is 5.38 Å². The zero-order valence-corrected chi connectivity index (χ0v) is 9.34. The van der Waals surface area contributed by atoms with Crippen molar-refractivity contribution in [3.63, 3.8) is 0 Å². The zero-order chi connectivity index (χ0) is 11.4. The maximum Gasteiger partial charge on any atom is 0.239 e. The monoisotopic (exact) mass is 240 g/mol. The van der Waals surface area contributed by atoms with Gasteiger partial charge in [-0.15, -0.1) is 11.3 Å². The molecule has 0 spiro atoms. The van der Waals surface area contributed by atoms with Crippen molar-refractivity contribution in [1.29, 1.82) is 0 Å². The lowest BCUT2D eigenvalue weighted by atomic mass is 10.2. The first-order chi connectivity index (χ1) is 7.75. The maximum atomic E-state index is 11.7. The van der Waals surface area contributed by atoms with Crippen LogP contribution < -0.4 is 16.0 Å². The summed E-state index contributed by atoms with van der Waals surface area (Å²) in [7, 11) is 0. The average molecular weight is 240 g/mol. The van der Waals surface area contributed by atoms with Gasteiger partial charge in [-0.05, 0) is 0 Å². The van der Waals surface area contributed by atoms with Crippen LogP contribution in [-0.2, 0) is 16.1 Å². The number of thiazole rings is 1. The van der Waals surface area contributed by atoms with Crippen LogP contribution in [0.1, 0.15) is 5.69 Å². The van der Waals surface area contributed by atoms with Crippen LogP contribution in [-0.4, -0.2) is 35.9 Å². The topological polar surface area (TPSA) is 83.1 Å². The first-order valence-corrected chi connectivity index (χ1v) is 5.85. The van der Waals surface area contributed by atoms with Crippen LogP contribution in [0.4, 0.5) is 0 Å². The molecule has 1 unspecified atom stereocenters. The standard InChI is InChI=1S/C9H12N4O2S/c14-8-3-10-7(2-11-8)9(15)12-1-6-4-16-5-13-6/h4-5,7,10H,1-3H2,(H,11,14)(H,12,15). The molecule has 0 aromatic carbocycles. The minimum atomic E-state index is -0.351. The summed E-state index contributed by atoms with van der Waals surface area (Å²) in [4.78, 5) is 26.6. The van der Waals surface area contributed by atoms with E-state index in [-0.39, 0.29) is 24.4 Å². The number of carbonyl (C=O) groups is 2. The van der Waals surface area contributed by atoms with E-state index in [1.54, 1.807) is 5.51 Å². The van der Waals surface area contributed by atoms with Crippen LogP contribution in [0.15, 0.2) is 10.9 Å². The van der Waals surface area contributed by atoms with Gasteiger partial charge in [0.15, 0.2) is 0 Å². The molecule has 1 aromatic rings. The van der Waals surface area contributed by atoms with E-state index in [1.165, 1.54) is 11.3 Å². The minimum Gasteiger partial charge on any atom is -0.353 e. The molecule has 0 radical (unpaired) electrons. The Morgan fingerprint density at radius 1 is 1.69 bits per heavy atom. The average Bonchev–Trinajstić information content (AvgIpc) is 2.80. The fourth-order valence-corrected chi connectivity index (χ4v) is 1.94. The lowest BCUT2D eigenvalue weighted by Gasteiger charge is -2.22. The van der Waals surface area contributed by atoms with E-state index in [0.717, 1.165) is 5.69 Å². The predicted octanol–water partition coefficient (Wildman–Crippen LogP) is -1.15. The number of rotatable bonds is 3. The largest absolute Gasteiger partial charge is 0.353 e. The summed E-state index contributed by atoms with van der Waals surface area (Å²) in [6, 6.07) is -0.351. The molecular weight excluding hydrogens is 228 g/mol.